The van der Waals surface area contributed by atoms with Crippen molar-refractivity contribution in [2.45, 2.75) is 31.4 Å². The molecule has 6 heteroatoms. The van der Waals surface area contributed by atoms with Gasteiger partial charge >= 0.3 is 0 Å². The zero-order valence-electron chi connectivity index (χ0n) is 12.2. The second-order valence-corrected chi connectivity index (χ2v) is 5.86. The van der Waals surface area contributed by atoms with Crippen molar-refractivity contribution in [1.82, 2.24) is 15.5 Å². The van der Waals surface area contributed by atoms with Crippen LogP contribution in [0.3, 0.4) is 0 Å². The van der Waals surface area contributed by atoms with E-state index in [0.717, 1.165) is 6.42 Å². The van der Waals surface area contributed by atoms with Crippen LogP contribution in [-0.4, -0.2) is 28.4 Å². The smallest absolute Gasteiger partial charge is 0.277 e. The number of rotatable bonds is 7. The molecule has 0 aliphatic carbocycles. The van der Waals surface area contributed by atoms with Gasteiger partial charge in [-0.25, -0.2) is 0 Å². The van der Waals surface area contributed by atoms with Crippen LogP contribution in [0.5, 0.6) is 0 Å². The highest BCUT2D eigenvalue weighted by Gasteiger charge is 2.11. The highest BCUT2D eigenvalue weighted by atomic mass is 32.2. The van der Waals surface area contributed by atoms with E-state index < -0.39 is 0 Å². The van der Waals surface area contributed by atoms with E-state index in [1.165, 1.54) is 17.3 Å². The number of carbonyl (C=O) groups is 1. The van der Waals surface area contributed by atoms with Crippen molar-refractivity contribution in [1.29, 1.82) is 0 Å². The molecule has 0 atom stereocenters. The summed E-state index contributed by atoms with van der Waals surface area (Å²) in [5, 5.41) is 11.2. The lowest BCUT2D eigenvalue weighted by molar-refractivity contribution is -0.118. The summed E-state index contributed by atoms with van der Waals surface area (Å²) in [4.78, 5) is 11.7. The number of benzene rings is 1. The minimum atomic E-state index is -0.0276. The molecule has 0 aliphatic rings. The molecule has 0 aliphatic heterocycles. The molecular formula is C15H19N3O2S. The van der Waals surface area contributed by atoms with E-state index >= 15 is 0 Å². The van der Waals surface area contributed by atoms with Crippen LogP contribution in [0.15, 0.2) is 40.0 Å². The Balaban J connectivity index is 1.67. The van der Waals surface area contributed by atoms with Crippen LogP contribution in [0.25, 0.3) is 0 Å². The van der Waals surface area contributed by atoms with Gasteiger partial charge in [0, 0.05) is 12.5 Å². The first-order valence-electron chi connectivity index (χ1n) is 6.92. The van der Waals surface area contributed by atoms with E-state index in [2.05, 4.69) is 15.5 Å². The van der Waals surface area contributed by atoms with E-state index in [4.69, 9.17) is 4.42 Å². The van der Waals surface area contributed by atoms with Crippen LogP contribution in [-0.2, 0) is 11.2 Å². The molecule has 21 heavy (non-hydrogen) atoms. The molecule has 1 amide bonds. The van der Waals surface area contributed by atoms with E-state index in [1.807, 2.05) is 44.2 Å². The number of nitrogens with zero attached hydrogens (tertiary/aromatic N) is 2. The van der Waals surface area contributed by atoms with Gasteiger partial charge in [-0.2, -0.15) is 0 Å². The molecule has 0 unspecified atom stereocenters. The predicted octanol–water partition coefficient (Wildman–Crippen LogP) is 2.64. The maximum Gasteiger partial charge on any atom is 0.277 e. The SMILES string of the molecule is CC(C)c1nnc(SCC(=O)NCCc2ccccc2)o1. The lowest BCUT2D eigenvalue weighted by Crippen LogP contribution is -2.27. The van der Waals surface area contributed by atoms with E-state index in [1.54, 1.807) is 0 Å². The molecule has 0 saturated carbocycles. The topological polar surface area (TPSA) is 68.0 Å². The summed E-state index contributed by atoms with van der Waals surface area (Å²) in [6, 6.07) is 10.1. The second-order valence-electron chi connectivity index (χ2n) is 4.94. The van der Waals surface area contributed by atoms with Crippen molar-refractivity contribution in [3.63, 3.8) is 0 Å². The largest absolute Gasteiger partial charge is 0.416 e. The maximum atomic E-state index is 11.7. The van der Waals surface area contributed by atoms with Crippen LogP contribution < -0.4 is 5.32 Å². The van der Waals surface area contributed by atoms with Gasteiger partial charge < -0.3 is 9.73 Å². The molecule has 1 heterocycles. The molecule has 1 aromatic carbocycles. The summed E-state index contributed by atoms with van der Waals surface area (Å²) in [7, 11) is 0. The highest BCUT2D eigenvalue weighted by molar-refractivity contribution is 7.99. The summed E-state index contributed by atoms with van der Waals surface area (Å²) >= 11 is 1.26. The maximum absolute atomic E-state index is 11.7. The minimum absolute atomic E-state index is 0.0276. The van der Waals surface area contributed by atoms with E-state index in [0.29, 0.717) is 17.7 Å². The van der Waals surface area contributed by atoms with Crippen LogP contribution in [0, 0.1) is 0 Å². The lowest BCUT2D eigenvalue weighted by atomic mass is 10.1. The van der Waals surface area contributed by atoms with Crippen molar-refractivity contribution >= 4 is 17.7 Å². The Kier molecular flexibility index (Phi) is 5.80. The van der Waals surface area contributed by atoms with Crippen molar-refractivity contribution in [3.05, 3.63) is 41.8 Å². The first kappa shape index (κ1) is 15.6. The number of thioether (sulfide) groups is 1. The Labute approximate surface area is 128 Å². The molecule has 0 saturated heterocycles. The fourth-order valence-electron chi connectivity index (χ4n) is 1.68. The van der Waals surface area contributed by atoms with Crippen LogP contribution in [0.4, 0.5) is 0 Å². The van der Waals surface area contributed by atoms with Crippen molar-refractivity contribution < 1.29 is 9.21 Å². The van der Waals surface area contributed by atoms with Gasteiger partial charge in [0.25, 0.3) is 5.22 Å². The highest BCUT2D eigenvalue weighted by Crippen LogP contribution is 2.19. The summed E-state index contributed by atoms with van der Waals surface area (Å²) in [5.41, 5.74) is 1.21. The van der Waals surface area contributed by atoms with Crippen molar-refractivity contribution in [2.24, 2.45) is 0 Å². The molecular weight excluding hydrogens is 286 g/mol. The molecule has 2 rings (SSSR count). The Morgan fingerprint density at radius 2 is 2.05 bits per heavy atom. The van der Waals surface area contributed by atoms with Crippen LogP contribution in [0.1, 0.15) is 31.2 Å². The Bertz CT molecular complexity index is 569. The van der Waals surface area contributed by atoms with Crippen LogP contribution in [0.2, 0.25) is 0 Å². The third kappa shape index (κ3) is 5.23. The summed E-state index contributed by atoms with van der Waals surface area (Å²) < 4.78 is 5.43. The number of carbonyl (C=O) groups excluding carboxylic acids is 1. The fraction of sp³-hybridized carbons (Fsp3) is 0.400. The Morgan fingerprint density at radius 1 is 1.29 bits per heavy atom. The number of amides is 1. The van der Waals surface area contributed by atoms with E-state index in [-0.39, 0.29) is 17.6 Å². The molecule has 0 fully saturated rings. The fourth-order valence-corrected chi connectivity index (χ4v) is 2.28. The molecule has 0 bridgehead atoms. The zero-order chi connectivity index (χ0) is 15.1. The first-order valence-corrected chi connectivity index (χ1v) is 7.90. The molecule has 1 aromatic heterocycles. The zero-order valence-corrected chi connectivity index (χ0v) is 13.0. The predicted molar refractivity (Wildman–Crippen MR) is 82.3 cm³/mol. The second kappa shape index (κ2) is 7.83. The average molecular weight is 305 g/mol. The monoisotopic (exact) mass is 305 g/mol. The van der Waals surface area contributed by atoms with Gasteiger partial charge in [-0.3, -0.25) is 4.79 Å². The first-order chi connectivity index (χ1) is 10.1. The van der Waals surface area contributed by atoms with Gasteiger partial charge in [-0.15, -0.1) is 10.2 Å². The number of nitrogens with one attached hydrogen (secondary N) is 1. The molecule has 5 nitrogen and oxygen atoms in total. The standard InChI is InChI=1S/C15H19N3O2S/c1-11(2)14-17-18-15(20-14)21-10-13(19)16-9-8-12-6-4-3-5-7-12/h3-7,11H,8-10H2,1-2H3,(H,16,19). The Morgan fingerprint density at radius 3 is 2.71 bits per heavy atom. The normalized spacial score (nSPS) is 10.8. The third-order valence-corrected chi connectivity index (χ3v) is 3.64. The molecule has 112 valence electrons. The average Bonchev–Trinajstić information content (AvgIpc) is 2.95. The summed E-state index contributed by atoms with van der Waals surface area (Å²) in [5.74, 6) is 1.06. The number of hydrogen-bond acceptors (Lipinski definition) is 5. The van der Waals surface area contributed by atoms with Gasteiger partial charge in [-0.05, 0) is 12.0 Å². The Hall–Kier alpha value is -1.82. The lowest BCUT2D eigenvalue weighted by Gasteiger charge is -2.04. The minimum Gasteiger partial charge on any atom is -0.416 e. The number of aromatic nitrogens is 2. The number of hydrogen-bond donors (Lipinski definition) is 1. The van der Waals surface area contributed by atoms with Crippen molar-refractivity contribution in [3.8, 4) is 0 Å². The molecule has 0 radical (unpaired) electrons. The van der Waals surface area contributed by atoms with E-state index in [9.17, 15) is 4.79 Å². The van der Waals surface area contributed by atoms with Gasteiger partial charge in [0.05, 0.1) is 5.75 Å². The molecule has 1 N–H and O–H groups in total. The van der Waals surface area contributed by atoms with Crippen LogP contribution >= 0.6 is 11.8 Å². The quantitative estimate of drug-likeness (QED) is 0.796. The third-order valence-electron chi connectivity index (χ3n) is 2.82. The molecule has 0 spiro atoms. The van der Waals surface area contributed by atoms with Gasteiger partial charge in [0.1, 0.15) is 0 Å². The van der Waals surface area contributed by atoms with Gasteiger partial charge in [0.15, 0.2) is 0 Å². The summed E-state index contributed by atoms with van der Waals surface area (Å²) in [6.07, 6.45) is 0.829. The molecule has 2 aromatic rings. The van der Waals surface area contributed by atoms with Gasteiger partial charge in [-0.1, -0.05) is 55.9 Å². The van der Waals surface area contributed by atoms with Crippen molar-refractivity contribution in [2.75, 3.05) is 12.3 Å². The summed E-state index contributed by atoms with van der Waals surface area (Å²) in [6.45, 7) is 4.60. The van der Waals surface area contributed by atoms with Gasteiger partial charge in [0.2, 0.25) is 11.8 Å².